The summed E-state index contributed by atoms with van der Waals surface area (Å²) < 4.78 is 0.604. The highest BCUT2D eigenvalue weighted by atomic mass is 79.9. The Bertz CT molecular complexity index is 1030. The van der Waals surface area contributed by atoms with Crippen molar-refractivity contribution in [1.29, 1.82) is 0 Å². The summed E-state index contributed by atoms with van der Waals surface area (Å²) in [5, 5.41) is 5.05. The van der Waals surface area contributed by atoms with Crippen LogP contribution in [0.1, 0.15) is 34.8 Å². The second-order valence-electron chi connectivity index (χ2n) is 6.76. The number of carbonyl (C=O) groups excluding carboxylic acids is 3. The zero-order valence-electron chi connectivity index (χ0n) is 14.7. The Morgan fingerprint density at radius 3 is 2.71 bits per heavy atom. The van der Waals surface area contributed by atoms with E-state index in [1.807, 2.05) is 0 Å². The minimum atomic E-state index is -0.738. The molecule has 1 aromatic heterocycles. The number of benzene rings is 1. The highest BCUT2D eigenvalue weighted by molar-refractivity contribution is 9.10. The zero-order valence-corrected chi connectivity index (χ0v) is 16.3. The highest BCUT2D eigenvalue weighted by Gasteiger charge is 2.47. The van der Waals surface area contributed by atoms with Gasteiger partial charge in [0.25, 0.3) is 11.5 Å². The van der Waals surface area contributed by atoms with Crippen molar-refractivity contribution in [2.24, 2.45) is 0 Å². The van der Waals surface area contributed by atoms with E-state index in [1.54, 1.807) is 29.2 Å². The fraction of sp³-hybridized carbons (Fsp3) is 0.263. The Morgan fingerprint density at radius 2 is 1.96 bits per heavy atom. The van der Waals surface area contributed by atoms with Crippen molar-refractivity contribution in [2.75, 3.05) is 11.9 Å². The first kappa shape index (κ1) is 18.4. The number of H-pyrrole nitrogens is 1. The van der Waals surface area contributed by atoms with Crippen molar-refractivity contribution in [3.05, 3.63) is 62.5 Å². The fourth-order valence-electron chi connectivity index (χ4n) is 3.34. The van der Waals surface area contributed by atoms with Gasteiger partial charge in [0, 0.05) is 22.3 Å². The molecule has 0 saturated heterocycles. The van der Waals surface area contributed by atoms with Gasteiger partial charge in [-0.05, 0) is 46.5 Å². The van der Waals surface area contributed by atoms with Crippen LogP contribution in [0, 0.1) is 0 Å². The van der Waals surface area contributed by atoms with E-state index < -0.39 is 23.4 Å². The Balaban J connectivity index is 1.45. The van der Waals surface area contributed by atoms with Crippen LogP contribution in [0.4, 0.5) is 5.69 Å². The Labute approximate surface area is 168 Å². The van der Waals surface area contributed by atoms with Crippen molar-refractivity contribution in [3.8, 4) is 0 Å². The number of nitrogens with zero attached hydrogens (tertiary/aromatic N) is 1. The molecule has 4 rings (SSSR count). The number of aromatic amines is 1. The van der Waals surface area contributed by atoms with E-state index in [0.717, 1.165) is 12.8 Å². The van der Waals surface area contributed by atoms with Crippen LogP contribution in [0.3, 0.4) is 0 Å². The van der Waals surface area contributed by atoms with E-state index in [1.165, 1.54) is 12.3 Å². The summed E-state index contributed by atoms with van der Waals surface area (Å²) in [6, 6.07) is 7.83. The predicted molar refractivity (Wildman–Crippen MR) is 105 cm³/mol. The summed E-state index contributed by atoms with van der Waals surface area (Å²) in [4.78, 5) is 53.5. The molecule has 144 valence electrons. The number of aromatic nitrogens is 1. The molecule has 1 atom stereocenters. The van der Waals surface area contributed by atoms with Crippen LogP contribution in [0.15, 0.2) is 45.8 Å². The third-order valence-electron chi connectivity index (χ3n) is 4.75. The summed E-state index contributed by atoms with van der Waals surface area (Å²) in [5.41, 5.74) is 0.813. The minimum absolute atomic E-state index is 0.0599. The second-order valence-corrected chi connectivity index (χ2v) is 7.68. The molecule has 1 fully saturated rings. The Kier molecular flexibility index (Phi) is 4.76. The SMILES string of the molecule is O=C(CNC(=O)C1c2ccccc2C(=O)N1C1CC1)Nc1cc(Br)c[nH]c1=O. The number of amides is 3. The van der Waals surface area contributed by atoms with Crippen LogP contribution in [0.2, 0.25) is 0 Å². The number of rotatable bonds is 5. The molecule has 2 aromatic rings. The lowest BCUT2D eigenvalue weighted by molar-refractivity contribution is -0.127. The van der Waals surface area contributed by atoms with Gasteiger partial charge in [-0.15, -0.1) is 0 Å². The normalized spacial score (nSPS) is 18.0. The van der Waals surface area contributed by atoms with E-state index in [0.29, 0.717) is 15.6 Å². The number of fused-ring (bicyclic) bond motifs is 1. The fourth-order valence-corrected chi connectivity index (χ4v) is 3.69. The maximum Gasteiger partial charge on any atom is 0.271 e. The maximum absolute atomic E-state index is 12.8. The van der Waals surface area contributed by atoms with E-state index in [9.17, 15) is 19.2 Å². The maximum atomic E-state index is 12.8. The number of halogens is 1. The van der Waals surface area contributed by atoms with Gasteiger partial charge in [0.2, 0.25) is 11.8 Å². The van der Waals surface area contributed by atoms with Crippen LogP contribution in [0.5, 0.6) is 0 Å². The van der Waals surface area contributed by atoms with E-state index in [-0.39, 0.29) is 24.2 Å². The van der Waals surface area contributed by atoms with Gasteiger partial charge in [0.05, 0.1) is 6.54 Å². The highest BCUT2D eigenvalue weighted by Crippen LogP contribution is 2.41. The lowest BCUT2D eigenvalue weighted by Gasteiger charge is -2.24. The van der Waals surface area contributed by atoms with Gasteiger partial charge < -0.3 is 20.5 Å². The summed E-state index contributed by atoms with van der Waals surface area (Å²) in [6.45, 7) is -0.309. The average Bonchev–Trinajstić information content (AvgIpc) is 3.47. The molecule has 3 amide bonds. The van der Waals surface area contributed by atoms with Crippen LogP contribution in [-0.2, 0) is 9.59 Å². The number of nitrogens with one attached hydrogen (secondary N) is 3. The topological polar surface area (TPSA) is 111 Å². The molecular formula is C19H17BrN4O4. The van der Waals surface area contributed by atoms with Crippen LogP contribution in [0.25, 0.3) is 0 Å². The smallest absolute Gasteiger partial charge is 0.271 e. The van der Waals surface area contributed by atoms with Crippen LogP contribution in [-0.4, -0.2) is 40.2 Å². The molecule has 3 N–H and O–H groups in total. The van der Waals surface area contributed by atoms with Crippen molar-refractivity contribution >= 4 is 39.3 Å². The first-order chi connectivity index (χ1) is 13.5. The summed E-state index contributed by atoms with van der Waals surface area (Å²) in [6.07, 6.45) is 3.20. The van der Waals surface area contributed by atoms with Gasteiger partial charge >= 0.3 is 0 Å². The van der Waals surface area contributed by atoms with Crippen LogP contribution < -0.4 is 16.2 Å². The van der Waals surface area contributed by atoms with Gasteiger partial charge in [-0.1, -0.05) is 18.2 Å². The molecule has 2 heterocycles. The van der Waals surface area contributed by atoms with Gasteiger partial charge in [0.15, 0.2) is 0 Å². The van der Waals surface area contributed by atoms with Crippen molar-refractivity contribution < 1.29 is 14.4 Å². The van der Waals surface area contributed by atoms with Gasteiger partial charge in [-0.3, -0.25) is 19.2 Å². The standard InChI is InChI=1S/C19H17BrN4O4/c20-10-7-14(17(26)21-8-10)23-15(25)9-22-18(27)16-12-3-1-2-4-13(12)19(28)24(16)11-5-6-11/h1-4,7-8,11,16H,5-6,9H2,(H,21,26)(H,22,27)(H,23,25). The molecule has 1 aliphatic carbocycles. The van der Waals surface area contributed by atoms with E-state index in [2.05, 4.69) is 31.5 Å². The molecule has 1 saturated carbocycles. The number of pyridine rings is 1. The second kappa shape index (κ2) is 7.23. The molecule has 2 aliphatic rings. The zero-order chi connectivity index (χ0) is 19.8. The number of carbonyl (C=O) groups is 3. The quantitative estimate of drug-likeness (QED) is 0.649. The monoisotopic (exact) mass is 444 g/mol. The lowest BCUT2D eigenvalue weighted by Crippen LogP contribution is -2.42. The summed E-state index contributed by atoms with van der Waals surface area (Å²) >= 11 is 3.21. The third kappa shape index (κ3) is 3.45. The molecule has 0 spiro atoms. The molecular weight excluding hydrogens is 428 g/mol. The summed E-state index contributed by atoms with van der Waals surface area (Å²) in [7, 11) is 0. The first-order valence-corrected chi connectivity index (χ1v) is 9.62. The molecule has 1 aromatic carbocycles. The largest absolute Gasteiger partial charge is 0.345 e. The van der Waals surface area contributed by atoms with Crippen LogP contribution >= 0.6 is 15.9 Å². The molecule has 8 nitrogen and oxygen atoms in total. The average molecular weight is 445 g/mol. The minimum Gasteiger partial charge on any atom is -0.345 e. The molecule has 0 bridgehead atoms. The van der Waals surface area contributed by atoms with E-state index >= 15 is 0 Å². The van der Waals surface area contributed by atoms with Crippen molar-refractivity contribution in [1.82, 2.24) is 15.2 Å². The van der Waals surface area contributed by atoms with E-state index in [4.69, 9.17) is 0 Å². The number of anilines is 1. The third-order valence-corrected chi connectivity index (χ3v) is 5.21. The predicted octanol–water partition coefficient (Wildman–Crippen LogP) is 1.55. The molecule has 9 heteroatoms. The molecule has 0 radical (unpaired) electrons. The Hall–Kier alpha value is -2.94. The number of hydrogen-bond donors (Lipinski definition) is 3. The van der Waals surface area contributed by atoms with Crippen molar-refractivity contribution in [3.63, 3.8) is 0 Å². The Morgan fingerprint density at radius 1 is 1.21 bits per heavy atom. The molecule has 28 heavy (non-hydrogen) atoms. The van der Waals surface area contributed by atoms with Crippen molar-refractivity contribution in [2.45, 2.75) is 24.9 Å². The first-order valence-electron chi connectivity index (χ1n) is 8.83. The number of hydrogen-bond acceptors (Lipinski definition) is 4. The summed E-state index contributed by atoms with van der Waals surface area (Å²) in [5.74, 6) is -1.10. The van der Waals surface area contributed by atoms with Gasteiger partial charge in [0.1, 0.15) is 11.7 Å². The van der Waals surface area contributed by atoms with Gasteiger partial charge in [-0.25, -0.2) is 0 Å². The lowest BCUT2D eigenvalue weighted by atomic mass is 10.0. The molecule has 1 unspecified atom stereocenters. The van der Waals surface area contributed by atoms with Gasteiger partial charge in [-0.2, -0.15) is 0 Å². The molecule has 1 aliphatic heterocycles.